The molecule has 4 aliphatic carbocycles. The van der Waals surface area contributed by atoms with Crippen LogP contribution < -0.4 is 10.1 Å². The lowest BCUT2D eigenvalue weighted by atomic mass is 9.48. The molecule has 4 saturated carbocycles. The lowest BCUT2D eigenvalue weighted by Gasteiger charge is -2.57. The number of ether oxygens (including phenoxy) is 1. The first kappa shape index (κ1) is 20.8. The van der Waals surface area contributed by atoms with Crippen LogP contribution in [0.5, 0.6) is 5.75 Å². The van der Waals surface area contributed by atoms with Crippen molar-refractivity contribution in [1.29, 1.82) is 0 Å². The van der Waals surface area contributed by atoms with Gasteiger partial charge in [-0.05, 0) is 104 Å². The molecule has 1 unspecified atom stereocenters. The molecule has 1 N–H and O–H groups in total. The minimum absolute atomic E-state index is 0.139. The number of nitrogens with one attached hydrogen (secondary N) is 1. The van der Waals surface area contributed by atoms with Gasteiger partial charge in [0.1, 0.15) is 11.8 Å². The second-order valence-electron chi connectivity index (χ2n) is 10.8. The summed E-state index contributed by atoms with van der Waals surface area (Å²) in [5, 5.41) is 3.05. The third kappa shape index (κ3) is 3.92. The monoisotopic (exact) mass is 444 g/mol. The molecule has 0 radical (unpaired) electrons. The largest absolute Gasteiger partial charge is 0.415 e. The highest BCUT2D eigenvalue weighted by Gasteiger charge is 2.51. The Morgan fingerprint density at radius 1 is 0.879 bits per heavy atom. The first-order valence-corrected chi connectivity index (χ1v) is 12.5. The van der Waals surface area contributed by atoms with Gasteiger partial charge in [0.25, 0.3) is 0 Å². The van der Waals surface area contributed by atoms with E-state index < -0.39 is 12.1 Å². The highest BCUT2D eigenvalue weighted by Crippen LogP contribution is 2.60. The number of para-hydroxylation sites is 1. The van der Waals surface area contributed by atoms with Gasteiger partial charge in [0.2, 0.25) is 5.91 Å². The molecule has 2 amide bonds. The Balaban J connectivity index is 1.11. The molecular weight excluding hydrogens is 412 g/mol. The van der Waals surface area contributed by atoms with E-state index in [1.807, 2.05) is 30.3 Å². The van der Waals surface area contributed by atoms with Crippen LogP contribution in [0.25, 0.3) is 0 Å². The number of carbonyl (C=O) groups is 2. The Labute approximate surface area is 195 Å². The summed E-state index contributed by atoms with van der Waals surface area (Å²) in [5.41, 5.74) is 2.62. The van der Waals surface area contributed by atoms with Crippen molar-refractivity contribution in [3.8, 4) is 5.75 Å². The Hall–Kier alpha value is -2.82. The molecule has 2 aromatic rings. The highest BCUT2D eigenvalue weighted by atomic mass is 16.6. The maximum absolute atomic E-state index is 13.0. The number of amides is 2. The van der Waals surface area contributed by atoms with E-state index in [4.69, 9.17) is 4.74 Å². The zero-order valence-corrected chi connectivity index (χ0v) is 19.0. The quantitative estimate of drug-likeness (QED) is 0.653. The Kier molecular flexibility index (Phi) is 5.16. The van der Waals surface area contributed by atoms with Crippen molar-refractivity contribution in [2.45, 2.75) is 62.8 Å². The van der Waals surface area contributed by atoms with E-state index in [0.29, 0.717) is 24.1 Å². The third-order valence-electron chi connectivity index (χ3n) is 8.54. The number of hydrogen-bond donors (Lipinski definition) is 1. The fraction of sp³-hybridized carbons (Fsp3) is 0.500. The Morgan fingerprint density at radius 3 is 2.15 bits per heavy atom. The molecule has 1 atom stereocenters. The van der Waals surface area contributed by atoms with E-state index in [2.05, 4.69) is 17.4 Å². The van der Waals surface area contributed by atoms with Crippen molar-refractivity contribution >= 4 is 17.7 Å². The second-order valence-corrected chi connectivity index (χ2v) is 10.8. The van der Waals surface area contributed by atoms with Crippen LogP contribution in [0.3, 0.4) is 0 Å². The number of carbonyl (C=O) groups excluding carboxylic acids is 2. The van der Waals surface area contributed by atoms with Gasteiger partial charge in [-0.1, -0.05) is 30.3 Å². The maximum atomic E-state index is 13.0. The molecule has 7 rings (SSSR count). The van der Waals surface area contributed by atoms with Crippen molar-refractivity contribution in [2.24, 2.45) is 17.8 Å². The first-order valence-electron chi connectivity index (χ1n) is 12.5. The van der Waals surface area contributed by atoms with Gasteiger partial charge in [0.15, 0.2) is 0 Å². The number of hydrogen-bond acceptors (Lipinski definition) is 3. The SMILES string of the molecule is O=C(Nc1ccc(C23CC4CC(CC(C4)C2)C3)cc1)C1CCCN1C(=O)Oc1ccccc1. The number of benzene rings is 2. The lowest BCUT2D eigenvalue weighted by Crippen LogP contribution is -2.48. The topological polar surface area (TPSA) is 58.6 Å². The summed E-state index contributed by atoms with van der Waals surface area (Å²) < 4.78 is 5.47. The zero-order chi connectivity index (χ0) is 22.4. The lowest BCUT2D eigenvalue weighted by molar-refractivity contribution is -0.119. The number of anilines is 1. The molecule has 4 bridgehead atoms. The van der Waals surface area contributed by atoms with E-state index in [-0.39, 0.29) is 5.91 Å². The molecule has 0 aromatic heterocycles. The maximum Gasteiger partial charge on any atom is 0.415 e. The Bertz CT molecular complexity index is 998. The van der Waals surface area contributed by atoms with Gasteiger partial charge < -0.3 is 10.1 Å². The van der Waals surface area contributed by atoms with Crippen molar-refractivity contribution in [1.82, 2.24) is 4.90 Å². The van der Waals surface area contributed by atoms with Crippen LogP contribution in [-0.2, 0) is 10.2 Å². The smallest absolute Gasteiger partial charge is 0.410 e. The average Bonchev–Trinajstić information content (AvgIpc) is 3.30. The first-order chi connectivity index (χ1) is 16.1. The van der Waals surface area contributed by atoms with Crippen LogP contribution in [0.15, 0.2) is 54.6 Å². The fourth-order valence-electron chi connectivity index (χ4n) is 7.50. The number of likely N-dealkylation sites (tertiary alicyclic amines) is 1. The van der Waals surface area contributed by atoms with Crippen molar-refractivity contribution < 1.29 is 14.3 Å². The summed E-state index contributed by atoms with van der Waals surface area (Å²) in [7, 11) is 0. The van der Waals surface area contributed by atoms with Gasteiger partial charge in [-0.2, -0.15) is 0 Å². The van der Waals surface area contributed by atoms with Crippen LogP contribution >= 0.6 is 0 Å². The molecule has 1 saturated heterocycles. The minimum Gasteiger partial charge on any atom is -0.410 e. The standard InChI is InChI=1S/C28H32N2O3/c31-26(25-7-4-12-30(25)27(32)33-24-5-2-1-3-6-24)29-23-10-8-22(9-11-23)28-16-19-13-20(17-28)15-21(14-19)18-28/h1-3,5-6,8-11,19-21,25H,4,7,12-18H2,(H,29,31). The van der Waals surface area contributed by atoms with E-state index in [9.17, 15) is 9.59 Å². The summed E-state index contributed by atoms with van der Waals surface area (Å²) in [6.07, 6.45) is 9.33. The van der Waals surface area contributed by atoms with Gasteiger partial charge in [0.05, 0.1) is 0 Å². The summed E-state index contributed by atoms with van der Waals surface area (Å²) in [5.74, 6) is 3.10. The van der Waals surface area contributed by atoms with Gasteiger partial charge in [-0.3, -0.25) is 9.69 Å². The van der Waals surface area contributed by atoms with Crippen LogP contribution in [0, 0.1) is 17.8 Å². The summed E-state index contributed by atoms with van der Waals surface area (Å²) in [6, 6.07) is 17.1. The van der Waals surface area contributed by atoms with E-state index in [1.54, 1.807) is 17.0 Å². The van der Waals surface area contributed by atoms with Gasteiger partial charge >= 0.3 is 6.09 Å². The number of rotatable bonds is 4. The molecular formula is C28H32N2O3. The predicted octanol–water partition coefficient (Wildman–Crippen LogP) is 5.76. The molecule has 2 aromatic carbocycles. The van der Waals surface area contributed by atoms with E-state index >= 15 is 0 Å². The van der Waals surface area contributed by atoms with Crippen LogP contribution in [0.1, 0.15) is 56.9 Å². The molecule has 5 nitrogen and oxygen atoms in total. The molecule has 5 fully saturated rings. The van der Waals surface area contributed by atoms with Gasteiger partial charge in [0, 0.05) is 12.2 Å². The average molecular weight is 445 g/mol. The van der Waals surface area contributed by atoms with Crippen molar-refractivity contribution in [3.05, 3.63) is 60.2 Å². The normalized spacial score (nSPS) is 32.1. The molecule has 5 aliphatic rings. The van der Waals surface area contributed by atoms with Crippen LogP contribution in [0.2, 0.25) is 0 Å². The Morgan fingerprint density at radius 2 is 1.52 bits per heavy atom. The third-order valence-corrected chi connectivity index (χ3v) is 8.54. The summed E-state index contributed by atoms with van der Waals surface area (Å²) in [4.78, 5) is 27.2. The highest BCUT2D eigenvalue weighted by molar-refractivity contribution is 5.97. The molecule has 1 aliphatic heterocycles. The zero-order valence-electron chi connectivity index (χ0n) is 19.0. The van der Waals surface area contributed by atoms with Crippen LogP contribution in [-0.4, -0.2) is 29.5 Å². The molecule has 1 heterocycles. The molecule has 172 valence electrons. The van der Waals surface area contributed by atoms with Gasteiger partial charge in [-0.25, -0.2) is 4.79 Å². The van der Waals surface area contributed by atoms with Crippen molar-refractivity contribution in [2.75, 3.05) is 11.9 Å². The predicted molar refractivity (Wildman–Crippen MR) is 127 cm³/mol. The molecule has 0 spiro atoms. The summed E-state index contributed by atoms with van der Waals surface area (Å²) in [6.45, 7) is 0.536. The van der Waals surface area contributed by atoms with Crippen LogP contribution in [0.4, 0.5) is 10.5 Å². The summed E-state index contributed by atoms with van der Waals surface area (Å²) >= 11 is 0. The van der Waals surface area contributed by atoms with E-state index in [0.717, 1.165) is 29.9 Å². The van der Waals surface area contributed by atoms with Gasteiger partial charge in [-0.15, -0.1) is 0 Å². The van der Waals surface area contributed by atoms with E-state index in [1.165, 1.54) is 44.1 Å². The van der Waals surface area contributed by atoms with Crippen molar-refractivity contribution in [3.63, 3.8) is 0 Å². The second kappa shape index (κ2) is 8.19. The fourth-order valence-corrected chi connectivity index (χ4v) is 7.50. The number of nitrogens with zero attached hydrogens (tertiary/aromatic N) is 1. The molecule has 5 heteroatoms. The molecule has 33 heavy (non-hydrogen) atoms. The minimum atomic E-state index is -0.496.